The van der Waals surface area contributed by atoms with Crippen LogP contribution in [0.4, 0.5) is 14.5 Å². The molecule has 0 radical (unpaired) electrons. The molecule has 3 heterocycles. The predicted octanol–water partition coefficient (Wildman–Crippen LogP) is 3.13. The Kier molecular flexibility index (Phi) is 5.78. The Balaban J connectivity index is 1.23. The average Bonchev–Trinajstić information content (AvgIpc) is 3.51. The van der Waals surface area contributed by atoms with E-state index in [1.54, 1.807) is 12.1 Å². The number of hydrogen-bond acceptors (Lipinski definition) is 8. The predicted molar refractivity (Wildman–Crippen MR) is 117 cm³/mol. The van der Waals surface area contributed by atoms with E-state index in [-0.39, 0.29) is 5.89 Å². The molecule has 0 bridgehead atoms. The Labute approximate surface area is 188 Å². The van der Waals surface area contributed by atoms with Crippen molar-refractivity contribution in [1.29, 1.82) is 0 Å². The zero-order chi connectivity index (χ0) is 22.8. The van der Waals surface area contributed by atoms with E-state index in [1.807, 2.05) is 24.3 Å². The van der Waals surface area contributed by atoms with Crippen molar-refractivity contribution >= 4 is 5.69 Å². The van der Waals surface area contributed by atoms with Crippen molar-refractivity contribution in [3.63, 3.8) is 0 Å². The molecule has 33 heavy (non-hydrogen) atoms. The van der Waals surface area contributed by atoms with Gasteiger partial charge in [0.2, 0.25) is 11.7 Å². The molecule has 1 aliphatic heterocycles. The molecule has 0 saturated carbocycles. The summed E-state index contributed by atoms with van der Waals surface area (Å²) < 4.78 is 30.2. The molecule has 0 atom stereocenters. The van der Waals surface area contributed by atoms with Crippen LogP contribution >= 0.6 is 0 Å². The van der Waals surface area contributed by atoms with Gasteiger partial charge >= 0.3 is 6.43 Å². The molecule has 5 rings (SSSR count). The summed E-state index contributed by atoms with van der Waals surface area (Å²) in [5.41, 5.74) is 3.58. The second kappa shape index (κ2) is 9.02. The third-order valence-corrected chi connectivity index (χ3v) is 5.60. The van der Waals surface area contributed by atoms with E-state index in [2.05, 4.69) is 54.6 Å². The van der Waals surface area contributed by atoms with Gasteiger partial charge in [0.1, 0.15) is 0 Å². The number of aromatic nitrogens is 6. The molecule has 9 nitrogen and oxygen atoms in total. The van der Waals surface area contributed by atoms with Gasteiger partial charge in [-0.15, -0.1) is 20.4 Å². The van der Waals surface area contributed by atoms with Crippen LogP contribution in [0.1, 0.15) is 17.9 Å². The van der Waals surface area contributed by atoms with Crippen molar-refractivity contribution in [2.45, 2.75) is 13.0 Å². The van der Waals surface area contributed by atoms with Crippen molar-refractivity contribution < 1.29 is 13.2 Å². The lowest BCUT2D eigenvalue weighted by molar-refractivity contribution is 0.116. The molecule has 2 aromatic carbocycles. The molecule has 0 amide bonds. The summed E-state index contributed by atoms with van der Waals surface area (Å²) in [5.74, 6) is -0.0787. The van der Waals surface area contributed by atoms with E-state index < -0.39 is 12.3 Å². The van der Waals surface area contributed by atoms with E-state index in [9.17, 15) is 8.78 Å². The highest BCUT2D eigenvalue weighted by Crippen LogP contribution is 2.24. The standard InChI is InChI=1S/C22H22F2N8O/c1-30-10-12-31(13-11-30)18-8-6-16(7-9-18)20-25-29-32(28-20)14-15-2-4-17(5-3-15)21-26-27-22(33-21)19(23)24/h2-9,19H,10-14H2,1H3. The maximum absolute atomic E-state index is 12.6. The molecule has 0 aliphatic carbocycles. The van der Waals surface area contributed by atoms with Crippen LogP contribution in [0.2, 0.25) is 0 Å². The summed E-state index contributed by atoms with van der Waals surface area (Å²) in [5, 5.41) is 19.8. The minimum atomic E-state index is -2.79. The topological polar surface area (TPSA) is 89.0 Å². The van der Waals surface area contributed by atoms with E-state index in [0.29, 0.717) is 17.9 Å². The first-order chi connectivity index (χ1) is 16.0. The van der Waals surface area contributed by atoms with Crippen molar-refractivity contribution in [2.75, 3.05) is 38.1 Å². The van der Waals surface area contributed by atoms with Gasteiger partial charge in [-0.3, -0.25) is 0 Å². The summed E-state index contributed by atoms with van der Waals surface area (Å²) >= 11 is 0. The van der Waals surface area contributed by atoms with E-state index >= 15 is 0 Å². The number of hydrogen-bond donors (Lipinski definition) is 0. The lowest BCUT2D eigenvalue weighted by Crippen LogP contribution is -2.44. The second-order valence-corrected chi connectivity index (χ2v) is 7.92. The second-order valence-electron chi connectivity index (χ2n) is 7.92. The van der Waals surface area contributed by atoms with Gasteiger partial charge in [0.25, 0.3) is 5.89 Å². The number of halogens is 2. The monoisotopic (exact) mass is 452 g/mol. The van der Waals surface area contributed by atoms with E-state index in [0.717, 1.165) is 37.3 Å². The number of nitrogens with zero attached hydrogens (tertiary/aromatic N) is 8. The van der Waals surface area contributed by atoms with Crippen molar-refractivity contribution in [1.82, 2.24) is 35.3 Å². The zero-order valence-corrected chi connectivity index (χ0v) is 18.0. The Morgan fingerprint density at radius 1 is 0.879 bits per heavy atom. The Bertz CT molecular complexity index is 1200. The van der Waals surface area contributed by atoms with E-state index in [4.69, 9.17) is 4.42 Å². The molecule has 2 aromatic heterocycles. The Morgan fingerprint density at radius 2 is 1.58 bits per heavy atom. The van der Waals surface area contributed by atoms with Gasteiger partial charge in [-0.25, -0.2) is 0 Å². The van der Waals surface area contributed by atoms with Crippen molar-refractivity contribution in [3.8, 4) is 22.8 Å². The molecule has 1 aliphatic rings. The highest BCUT2D eigenvalue weighted by molar-refractivity contribution is 5.60. The first-order valence-electron chi connectivity index (χ1n) is 10.6. The SMILES string of the molecule is CN1CCN(c2ccc(-c3nnn(Cc4ccc(-c5nnc(C(F)F)o5)cc4)n3)cc2)CC1. The molecular formula is C22H22F2N8O. The molecule has 11 heteroatoms. The smallest absolute Gasteiger partial charge is 0.314 e. The lowest BCUT2D eigenvalue weighted by atomic mass is 10.1. The van der Waals surface area contributed by atoms with Crippen molar-refractivity contribution in [3.05, 3.63) is 60.0 Å². The average molecular weight is 452 g/mol. The minimum absolute atomic E-state index is 0.0537. The maximum atomic E-state index is 12.6. The van der Waals surface area contributed by atoms with Gasteiger partial charge in [0.15, 0.2) is 0 Å². The summed E-state index contributed by atoms with van der Waals surface area (Å²) in [6, 6.07) is 15.3. The normalized spacial score (nSPS) is 14.8. The number of likely N-dealkylation sites (N-methyl/N-ethyl adjacent to an activating group) is 1. The van der Waals surface area contributed by atoms with Crippen LogP contribution in [0.15, 0.2) is 52.9 Å². The lowest BCUT2D eigenvalue weighted by Gasteiger charge is -2.34. The van der Waals surface area contributed by atoms with Gasteiger partial charge in [0, 0.05) is 43.0 Å². The number of benzene rings is 2. The van der Waals surface area contributed by atoms with Gasteiger partial charge in [0.05, 0.1) is 6.54 Å². The molecule has 1 saturated heterocycles. The van der Waals surface area contributed by atoms with Crippen molar-refractivity contribution in [2.24, 2.45) is 0 Å². The molecule has 4 aromatic rings. The van der Waals surface area contributed by atoms with Crippen LogP contribution in [0.3, 0.4) is 0 Å². The third-order valence-electron chi connectivity index (χ3n) is 5.60. The molecule has 170 valence electrons. The van der Waals surface area contributed by atoms with Gasteiger partial charge in [-0.1, -0.05) is 12.1 Å². The molecule has 0 unspecified atom stereocenters. The Morgan fingerprint density at radius 3 is 2.24 bits per heavy atom. The number of rotatable bonds is 6. The molecule has 0 spiro atoms. The highest BCUT2D eigenvalue weighted by atomic mass is 19.3. The van der Waals surface area contributed by atoms with Crippen LogP contribution in [0.5, 0.6) is 0 Å². The van der Waals surface area contributed by atoms with Crippen LogP contribution in [-0.2, 0) is 6.54 Å². The van der Waals surface area contributed by atoms with Gasteiger partial charge in [-0.05, 0) is 54.2 Å². The van der Waals surface area contributed by atoms with Crippen LogP contribution in [-0.4, -0.2) is 68.5 Å². The first-order valence-corrected chi connectivity index (χ1v) is 10.6. The van der Waals surface area contributed by atoms with Gasteiger partial charge in [-0.2, -0.15) is 13.6 Å². The first kappa shape index (κ1) is 21.1. The molecule has 1 fully saturated rings. The molecular weight excluding hydrogens is 430 g/mol. The minimum Gasteiger partial charge on any atom is -0.415 e. The van der Waals surface area contributed by atoms with Gasteiger partial charge < -0.3 is 14.2 Å². The van der Waals surface area contributed by atoms with Crippen LogP contribution in [0, 0.1) is 0 Å². The third kappa shape index (κ3) is 4.72. The number of tetrazole rings is 1. The molecule has 0 N–H and O–H groups in total. The van der Waals surface area contributed by atoms with E-state index in [1.165, 1.54) is 10.5 Å². The number of anilines is 1. The summed E-state index contributed by atoms with van der Waals surface area (Å²) in [4.78, 5) is 6.22. The maximum Gasteiger partial charge on any atom is 0.314 e. The highest BCUT2D eigenvalue weighted by Gasteiger charge is 2.17. The zero-order valence-electron chi connectivity index (χ0n) is 18.0. The largest absolute Gasteiger partial charge is 0.415 e. The fourth-order valence-corrected chi connectivity index (χ4v) is 3.67. The Hall–Kier alpha value is -3.73. The number of alkyl halides is 2. The number of piperazine rings is 1. The quantitative estimate of drug-likeness (QED) is 0.441. The van der Waals surface area contributed by atoms with Crippen LogP contribution < -0.4 is 4.90 Å². The fraction of sp³-hybridized carbons (Fsp3) is 0.318. The summed E-state index contributed by atoms with van der Waals surface area (Å²) in [6.45, 7) is 4.57. The van der Waals surface area contributed by atoms with Crippen LogP contribution in [0.25, 0.3) is 22.8 Å². The summed E-state index contributed by atoms with van der Waals surface area (Å²) in [6.07, 6.45) is -2.79. The summed E-state index contributed by atoms with van der Waals surface area (Å²) in [7, 11) is 2.14. The fourth-order valence-electron chi connectivity index (χ4n) is 3.67.